The van der Waals surface area contributed by atoms with Crippen LogP contribution < -0.4 is 10.3 Å². The molecule has 4 rings (SSSR count). The minimum Gasteiger partial charge on any atom is -0.381 e. The molecule has 1 aromatic heterocycles. The average molecular weight is 337 g/mol. The molecular weight excluding hydrogens is 314 g/mol. The summed E-state index contributed by atoms with van der Waals surface area (Å²) in [5.41, 5.74) is 2.11. The van der Waals surface area contributed by atoms with E-state index in [1.165, 1.54) is 0 Å². The van der Waals surface area contributed by atoms with Crippen LogP contribution in [0.2, 0.25) is 0 Å². The van der Waals surface area contributed by atoms with Crippen LogP contribution in [0, 0.1) is 0 Å². The third-order valence-corrected chi connectivity index (χ3v) is 4.65. The zero-order chi connectivity index (χ0) is 16.9. The van der Waals surface area contributed by atoms with Crippen LogP contribution in [0.3, 0.4) is 0 Å². The van der Waals surface area contributed by atoms with Crippen LogP contribution >= 0.6 is 0 Å². The summed E-state index contributed by atoms with van der Waals surface area (Å²) in [5.74, 6) is 0.886. The molecule has 130 valence electrons. The summed E-state index contributed by atoms with van der Waals surface area (Å²) in [6, 6.07) is 12.6. The number of anilines is 2. The lowest BCUT2D eigenvalue weighted by Gasteiger charge is -2.17. The Labute approximate surface area is 147 Å². The monoisotopic (exact) mass is 337 g/mol. The highest BCUT2D eigenvalue weighted by molar-refractivity contribution is 5.73. The van der Waals surface area contributed by atoms with E-state index in [0.717, 1.165) is 50.4 Å². The van der Waals surface area contributed by atoms with Gasteiger partial charge in [-0.2, -0.15) is 5.10 Å². The minimum absolute atomic E-state index is 0.182. The van der Waals surface area contributed by atoms with Gasteiger partial charge in [-0.3, -0.25) is 5.01 Å². The number of hydrazone groups is 1. The van der Waals surface area contributed by atoms with Crippen molar-refractivity contribution in [3.8, 4) is 0 Å². The molecule has 2 aliphatic heterocycles. The lowest BCUT2D eigenvalue weighted by atomic mass is 10.1. The second-order valence-corrected chi connectivity index (χ2v) is 6.48. The first-order valence-corrected chi connectivity index (χ1v) is 8.92. The average Bonchev–Trinajstić information content (AvgIpc) is 3.02. The fourth-order valence-electron chi connectivity index (χ4n) is 3.26. The molecule has 0 saturated carbocycles. The first kappa shape index (κ1) is 16.0. The van der Waals surface area contributed by atoms with Crippen molar-refractivity contribution in [3.05, 3.63) is 48.3 Å². The van der Waals surface area contributed by atoms with E-state index in [1.807, 2.05) is 41.7 Å². The van der Waals surface area contributed by atoms with Crippen molar-refractivity contribution in [1.29, 1.82) is 0 Å². The Kier molecular flexibility index (Phi) is 4.88. The van der Waals surface area contributed by atoms with Crippen molar-refractivity contribution < 1.29 is 4.74 Å². The van der Waals surface area contributed by atoms with Crippen LogP contribution in [0.5, 0.6) is 0 Å². The van der Waals surface area contributed by atoms with Gasteiger partial charge < -0.3 is 10.1 Å². The molecule has 1 saturated heterocycles. The molecule has 1 aromatic carbocycles. The van der Waals surface area contributed by atoms with Gasteiger partial charge in [-0.25, -0.2) is 9.97 Å². The number of nitrogens with zero attached hydrogens (tertiary/aromatic N) is 4. The molecule has 2 aromatic rings. The van der Waals surface area contributed by atoms with E-state index in [2.05, 4.69) is 27.5 Å². The minimum atomic E-state index is 0.182. The Morgan fingerprint density at radius 2 is 2.00 bits per heavy atom. The van der Waals surface area contributed by atoms with Gasteiger partial charge in [-0.1, -0.05) is 18.2 Å². The molecular formula is C19H23N5O. The zero-order valence-corrected chi connectivity index (χ0v) is 14.2. The van der Waals surface area contributed by atoms with Crippen LogP contribution in [0.15, 0.2) is 47.7 Å². The van der Waals surface area contributed by atoms with E-state index >= 15 is 0 Å². The van der Waals surface area contributed by atoms with Gasteiger partial charge in [0.1, 0.15) is 0 Å². The van der Waals surface area contributed by atoms with Gasteiger partial charge in [0.25, 0.3) is 0 Å². The Morgan fingerprint density at radius 3 is 2.92 bits per heavy atom. The second kappa shape index (κ2) is 7.61. The number of aromatic nitrogens is 2. The van der Waals surface area contributed by atoms with Crippen molar-refractivity contribution in [2.75, 3.05) is 30.1 Å². The third-order valence-electron chi connectivity index (χ3n) is 4.65. The molecule has 0 amide bonds. The number of nitrogens with one attached hydrogen (secondary N) is 1. The first-order valence-electron chi connectivity index (χ1n) is 8.92. The normalized spacial score (nSPS) is 23.4. The Morgan fingerprint density at radius 1 is 1.08 bits per heavy atom. The quantitative estimate of drug-likeness (QED) is 0.929. The van der Waals surface area contributed by atoms with Gasteiger partial charge in [0.15, 0.2) is 0 Å². The lowest BCUT2D eigenvalue weighted by Crippen LogP contribution is -2.22. The molecule has 1 N–H and O–H groups in total. The fraction of sp³-hybridized carbons (Fsp3) is 0.421. The smallest absolute Gasteiger partial charge is 0.223 e. The molecule has 25 heavy (non-hydrogen) atoms. The number of para-hydroxylation sites is 1. The van der Waals surface area contributed by atoms with Crippen molar-refractivity contribution >= 4 is 17.9 Å². The highest BCUT2D eigenvalue weighted by atomic mass is 16.5. The standard InChI is InChI=1S/C19H23N5O/c1-2-6-17(7-3-1)24-14-15(13-21-24)18-8-10-20-19(23-18)22-16-5-4-11-25-12-9-16/h1-3,6-8,10,13,15-16H,4-5,9,11-12,14H2,(H,20,22,23)/t15-,16-/m0/s1. The molecule has 1 fully saturated rings. The van der Waals surface area contributed by atoms with Crippen molar-refractivity contribution in [3.63, 3.8) is 0 Å². The topological polar surface area (TPSA) is 62.6 Å². The SMILES string of the molecule is C1=NN(c2ccccc2)C[C@H]1c1ccnc(N[C@H]2CCCOCC2)n1. The van der Waals surface area contributed by atoms with Crippen LogP contribution in [0.1, 0.15) is 30.9 Å². The first-order chi connectivity index (χ1) is 12.4. The highest BCUT2D eigenvalue weighted by Crippen LogP contribution is 2.24. The number of ether oxygens (including phenoxy) is 1. The Balaban J connectivity index is 1.42. The zero-order valence-electron chi connectivity index (χ0n) is 14.2. The van der Waals surface area contributed by atoms with Gasteiger partial charge in [-0.05, 0) is 37.5 Å². The van der Waals surface area contributed by atoms with Crippen molar-refractivity contribution in [2.45, 2.75) is 31.2 Å². The van der Waals surface area contributed by atoms with Gasteiger partial charge in [0, 0.05) is 31.7 Å². The molecule has 2 aliphatic rings. The molecule has 0 radical (unpaired) electrons. The molecule has 3 heterocycles. The third kappa shape index (κ3) is 3.96. The number of hydrogen-bond donors (Lipinski definition) is 1. The summed E-state index contributed by atoms with van der Waals surface area (Å²) in [5, 5.41) is 10.0. The van der Waals surface area contributed by atoms with Crippen LogP contribution in [0.25, 0.3) is 0 Å². The van der Waals surface area contributed by atoms with E-state index in [1.54, 1.807) is 0 Å². The molecule has 0 unspecified atom stereocenters. The maximum atomic E-state index is 5.52. The van der Waals surface area contributed by atoms with Crippen molar-refractivity contribution in [1.82, 2.24) is 9.97 Å². The largest absolute Gasteiger partial charge is 0.381 e. The summed E-state index contributed by atoms with van der Waals surface area (Å²) in [6.07, 6.45) is 6.98. The summed E-state index contributed by atoms with van der Waals surface area (Å²) in [4.78, 5) is 9.12. The fourth-order valence-corrected chi connectivity index (χ4v) is 3.26. The van der Waals surface area contributed by atoms with Crippen LogP contribution in [-0.2, 0) is 4.74 Å². The molecule has 2 atom stereocenters. The summed E-state index contributed by atoms with van der Waals surface area (Å²) in [7, 11) is 0. The second-order valence-electron chi connectivity index (χ2n) is 6.48. The maximum absolute atomic E-state index is 5.52. The van der Waals surface area contributed by atoms with Gasteiger partial charge >= 0.3 is 0 Å². The predicted molar refractivity (Wildman–Crippen MR) is 99.1 cm³/mol. The molecule has 6 nitrogen and oxygen atoms in total. The highest BCUT2D eigenvalue weighted by Gasteiger charge is 2.22. The van der Waals surface area contributed by atoms with E-state index in [0.29, 0.717) is 12.0 Å². The summed E-state index contributed by atoms with van der Waals surface area (Å²) >= 11 is 0. The summed E-state index contributed by atoms with van der Waals surface area (Å²) in [6.45, 7) is 2.46. The van der Waals surface area contributed by atoms with Gasteiger partial charge in [0.05, 0.1) is 23.8 Å². The predicted octanol–water partition coefficient (Wildman–Crippen LogP) is 3.05. The van der Waals surface area contributed by atoms with Crippen LogP contribution in [0.4, 0.5) is 11.6 Å². The molecule has 0 bridgehead atoms. The van der Waals surface area contributed by atoms with E-state index < -0.39 is 0 Å². The van der Waals surface area contributed by atoms with Gasteiger partial charge in [-0.15, -0.1) is 0 Å². The van der Waals surface area contributed by atoms with Crippen molar-refractivity contribution in [2.24, 2.45) is 5.10 Å². The number of benzene rings is 1. The number of hydrogen-bond acceptors (Lipinski definition) is 6. The Hall–Kier alpha value is -2.47. The number of rotatable bonds is 4. The molecule has 0 spiro atoms. The van der Waals surface area contributed by atoms with E-state index in [4.69, 9.17) is 9.72 Å². The molecule has 0 aliphatic carbocycles. The van der Waals surface area contributed by atoms with E-state index in [9.17, 15) is 0 Å². The van der Waals surface area contributed by atoms with Crippen LogP contribution in [-0.4, -0.2) is 42.0 Å². The van der Waals surface area contributed by atoms with E-state index in [-0.39, 0.29) is 5.92 Å². The maximum Gasteiger partial charge on any atom is 0.223 e. The lowest BCUT2D eigenvalue weighted by molar-refractivity contribution is 0.144. The van der Waals surface area contributed by atoms with Gasteiger partial charge in [0.2, 0.25) is 5.95 Å². The summed E-state index contributed by atoms with van der Waals surface area (Å²) < 4.78 is 5.52. The molecule has 6 heteroatoms. The Bertz CT molecular complexity index is 713.